The molecule has 0 fully saturated rings. The Morgan fingerprint density at radius 3 is 2.84 bits per heavy atom. The lowest BCUT2D eigenvalue weighted by Crippen LogP contribution is -2.32. The highest BCUT2D eigenvalue weighted by Crippen LogP contribution is 2.20. The minimum Gasteiger partial charge on any atom is -0.314 e. The molecule has 1 rings (SSSR count). The summed E-state index contributed by atoms with van der Waals surface area (Å²) in [7, 11) is 0. The molecule has 0 heterocycles. The van der Waals surface area contributed by atoms with Gasteiger partial charge in [0.25, 0.3) is 0 Å². The molecule has 0 aliphatic rings. The molecule has 1 nitrogen and oxygen atoms in total. The van der Waals surface area contributed by atoms with E-state index >= 15 is 0 Å². The summed E-state index contributed by atoms with van der Waals surface area (Å²) in [5.74, 6) is -0.289. The van der Waals surface area contributed by atoms with Crippen molar-refractivity contribution in [3.05, 3.63) is 46.8 Å². The van der Waals surface area contributed by atoms with E-state index in [-0.39, 0.29) is 16.9 Å². The Hall–Kier alpha value is -0.860. The van der Waals surface area contributed by atoms with E-state index < -0.39 is 0 Å². The van der Waals surface area contributed by atoms with Crippen molar-refractivity contribution in [1.29, 1.82) is 0 Å². The second kappa shape index (κ2) is 8.34. The van der Waals surface area contributed by atoms with Gasteiger partial charge in [0.2, 0.25) is 0 Å². The average Bonchev–Trinajstić information content (AvgIpc) is 2.37. The fraction of sp³-hybridized carbons (Fsp3) is 0.500. The van der Waals surface area contributed by atoms with Crippen molar-refractivity contribution in [1.82, 2.24) is 5.32 Å². The molecule has 0 radical (unpaired) electrons. The molecule has 106 valence electrons. The number of benzene rings is 1. The molecule has 0 bridgehead atoms. The normalized spacial score (nSPS) is 12.4. The summed E-state index contributed by atoms with van der Waals surface area (Å²) < 4.78 is 13.9. The molecule has 1 atom stereocenters. The molecule has 1 unspecified atom stereocenters. The summed E-state index contributed by atoms with van der Waals surface area (Å²) in [6.07, 6.45) is 3.67. The van der Waals surface area contributed by atoms with E-state index in [4.69, 9.17) is 11.6 Å². The third-order valence-electron chi connectivity index (χ3n) is 3.10. The van der Waals surface area contributed by atoms with Crippen molar-refractivity contribution in [2.45, 2.75) is 45.6 Å². The Bertz CT molecular complexity index is 417. The van der Waals surface area contributed by atoms with Crippen LogP contribution in [0.15, 0.2) is 30.4 Å². The molecule has 1 aromatic rings. The summed E-state index contributed by atoms with van der Waals surface area (Å²) in [6, 6.07) is 5.46. The quantitative estimate of drug-likeness (QED) is 0.679. The molecule has 0 spiro atoms. The van der Waals surface area contributed by atoms with Gasteiger partial charge in [-0.3, -0.25) is 0 Å². The first-order valence-electron chi connectivity index (χ1n) is 6.85. The Labute approximate surface area is 120 Å². The van der Waals surface area contributed by atoms with Gasteiger partial charge in [-0.2, -0.15) is 0 Å². The third-order valence-corrected chi connectivity index (χ3v) is 3.39. The van der Waals surface area contributed by atoms with Gasteiger partial charge in [-0.05, 0) is 50.8 Å². The smallest absolute Gasteiger partial charge is 0.145 e. The van der Waals surface area contributed by atoms with Crippen LogP contribution in [0.25, 0.3) is 0 Å². The minimum absolute atomic E-state index is 0.201. The van der Waals surface area contributed by atoms with Crippen LogP contribution in [0.2, 0.25) is 5.02 Å². The molecular weight excluding hydrogens is 261 g/mol. The SMILES string of the molecule is C=C(C)CCC(Cc1cccc(Cl)c1F)NCCC. The predicted octanol–water partition coefficient (Wildman–Crippen LogP) is 4.75. The summed E-state index contributed by atoms with van der Waals surface area (Å²) in [5, 5.41) is 3.67. The number of hydrogen-bond acceptors (Lipinski definition) is 1. The molecule has 1 N–H and O–H groups in total. The molecule has 19 heavy (non-hydrogen) atoms. The van der Waals surface area contributed by atoms with E-state index in [1.807, 2.05) is 13.0 Å². The number of halogens is 2. The van der Waals surface area contributed by atoms with Crippen LogP contribution < -0.4 is 5.32 Å². The predicted molar refractivity (Wildman–Crippen MR) is 81.2 cm³/mol. The van der Waals surface area contributed by atoms with Crippen LogP contribution in [-0.4, -0.2) is 12.6 Å². The van der Waals surface area contributed by atoms with Gasteiger partial charge in [-0.1, -0.05) is 36.2 Å². The zero-order valence-electron chi connectivity index (χ0n) is 11.8. The number of rotatable bonds is 8. The van der Waals surface area contributed by atoms with E-state index in [0.717, 1.165) is 31.4 Å². The van der Waals surface area contributed by atoms with Crippen LogP contribution in [-0.2, 0) is 6.42 Å². The molecular formula is C16H23ClFN. The van der Waals surface area contributed by atoms with E-state index in [9.17, 15) is 4.39 Å². The highest BCUT2D eigenvalue weighted by atomic mass is 35.5. The second-order valence-corrected chi connectivity index (χ2v) is 5.47. The molecule has 1 aromatic carbocycles. The van der Waals surface area contributed by atoms with Gasteiger partial charge < -0.3 is 5.32 Å². The molecule has 0 aromatic heterocycles. The van der Waals surface area contributed by atoms with Crippen LogP contribution in [0.5, 0.6) is 0 Å². The fourth-order valence-corrected chi connectivity index (χ4v) is 2.21. The van der Waals surface area contributed by atoms with Gasteiger partial charge in [0.15, 0.2) is 0 Å². The fourth-order valence-electron chi connectivity index (χ4n) is 2.02. The Balaban J connectivity index is 2.69. The lowest BCUT2D eigenvalue weighted by atomic mass is 9.99. The lowest BCUT2D eigenvalue weighted by molar-refractivity contribution is 0.468. The number of hydrogen-bond donors (Lipinski definition) is 1. The maximum absolute atomic E-state index is 13.9. The number of nitrogens with one attached hydrogen (secondary N) is 1. The van der Waals surface area contributed by atoms with E-state index in [1.165, 1.54) is 0 Å². The van der Waals surface area contributed by atoms with Crippen LogP contribution in [0.4, 0.5) is 4.39 Å². The maximum Gasteiger partial charge on any atom is 0.145 e. The van der Waals surface area contributed by atoms with Gasteiger partial charge >= 0.3 is 0 Å². The summed E-state index contributed by atoms with van der Waals surface area (Å²) >= 11 is 5.82. The van der Waals surface area contributed by atoms with Gasteiger partial charge in [0, 0.05) is 6.04 Å². The summed E-state index contributed by atoms with van der Waals surface area (Å²) in [6.45, 7) is 9.02. The summed E-state index contributed by atoms with van der Waals surface area (Å²) in [4.78, 5) is 0. The van der Waals surface area contributed by atoms with Gasteiger partial charge in [0.05, 0.1) is 5.02 Å². The van der Waals surface area contributed by atoms with Crippen molar-refractivity contribution < 1.29 is 4.39 Å². The Morgan fingerprint density at radius 2 is 2.21 bits per heavy atom. The van der Waals surface area contributed by atoms with Gasteiger partial charge in [-0.25, -0.2) is 4.39 Å². The first-order valence-corrected chi connectivity index (χ1v) is 7.23. The van der Waals surface area contributed by atoms with Crippen molar-refractivity contribution in [3.63, 3.8) is 0 Å². The molecule has 0 aliphatic carbocycles. The number of allylic oxidation sites excluding steroid dienone is 1. The van der Waals surface area contributed by atoms with Crippen molar-refractivity contribution in [2.24, 2.45) is 0 Å². The van der Waals surface area contributed by atoms with E-state index in [2.05, 4.69) is 18.8 Å². The van der Waals surface area contributed by atoms with Crippen molar-refractivity contribution in [3.8, 4) is 0 Å². The third kappa shape index (κ3) is 5.75. The lowest BCUT2D eigenvalue weighted by Gasteiger charge is -2.19. The Morgan fingerprint density at radius 1 is 1.47 bits per heavy atom. The van der Waals surface area contributed by atoms with Crippen molar-refractivity contribution >= 4 is 11.6 Å². The Kier molecular flexibility index (Phi) is 7.11. The van der Waals surface area contributed by atoms with E-state index in [0.29, 0.717) is 12.0 Å². The van der Waals surface area contributed by atoms with Gasteiger partial charge in [-0.15, -0.1) is 6.58 Å². The molecule has 0 aliphatic heterocycles. The molecule has 3 heteroatoms. The van der Waals surface area contributed by atoms with Crippen LogP contribution in [0, 0.1) is 5.82 Å². The monoisotopic (exact) mass is 283 g/mol. The standard InChI is InChI=1S/C16H23ClFN/c1-4-10-19-14(9-8-12(2)3)11-13-6-5-7-15(17)16(13)18/h5-7,14,19H,2,4,8-11H2,1,3H3. The summed E-state index contributed by atoms with van der Waals surface area (Å²) in [5.41, 5.74) is 1.85. The largest absolute Gasteiger partial charge is 0.314 e. The van der Waals surface area contributed by atoms with Crippen LogP contribution >= 0.6 is 11.6 Å². The van der Waals surface area contributed by atoms with Crippen molar-refractivity contribution in [2.75, 3.05) is 6.54 Å². The maximum atomic E-state index is 13.9. The van der Waals surface area contributed by atoms with Crippen LogP contribution in [0.1, 0.15) is 38.7 Å². The average molecular weight is 284 g/mol. The topological polar surface area (TPSA) is 12.0 Å². The molecule has 0 saturated heterocycles. The van der Waals surface area contributed by atoms with Gasteiger partial charge in [0.1, 0.15) is 5.82 Å². The zero-order valence-corrected chi connectivity index (χ0v) is 12.6. The molecule has 0 saturated carbocycles. The molecule has 0 amide bonds. The zero-order chi connectivity index (χ0) is 14.3. The van der Waals surface area contributed by atoms with Crippen LogP contribution in [0.3, 0.4) is 0 Å². The highest BCUT2D eigenvalue weighted by molar-refractivity contribution is 6.30. The second-order valence-electron chi connectivity index (χ2n) is 5.06. The first kappa shape index (κ1) is 16.2. The van der Waals surface area contributed by atoms with E-state index in [1.54, 1.807) is 12.1 Å². The minimum atomic E-state index is -0.289. The highest BCUT2D eigenvalue weighted by Gasteiger charge is 2.13. The first-order chi connectivity index (χ1) is 9.04.